The first-order chi connectivity index (χ1) is 10.8. The van der Waals surface area contributed by atoms with Gasteiger partial charge in [-0.25, -0.2) is 0 Å². The van der Waals surface area contributed by atoms with E-state index in [1.54, 1.807) is 0 Å². The van der Waals surface area contributed by atoms with E-state index in [1.807, 2.05) is 44.2 Å². The Hall–Kier alpha value is -1.54. The van der Waals surface area contributed by atoms with Gasteiger partial charge < -0.3 is 5.11 Å². The predicted octanol–water partition coefficient (Wildman–Crippen LogP) is 5.22. The number of halogens is 1. The number of rotatable bonds is 6. The minimum Gasteiger partial charge on any atom is -0.481 e. The molecule has 1 saturated carbocycles. The second-order valence-corrected chi connectivity index (χ2v) is 7.53. The lowest BCUT2D eigenvalue weighted by molar-refractivity contribution is -0.145. The van der Waals surface area contributed by atoms with Crippen LogP contribution in [0.15, 0.2) is 47.5 Å². The van der Waals surface area contributed by atoms with Gasteiger partial charge in [-0.2, -0.15) is 0 Å². The predicted molar refractivity (Wildman–Crippen MR) is 95.6 cm³/mol. The summed E-state index contributed by atoms with van der Waals surface area (Å²) in [5.41, 5.74) is 4.01. The first-order valence-corrected chi connectivity index (χ1v) is 8.41. The fraction of sp³-hybridized carbons (Fsp3) is 0.450. The molecule has 1 aromatic carbocycles. The van der Waals surface area contributed by atoms with Gasteiger partial charge in [-0.1, -0.05) is 67.4 Å². The van der Waals surface area contributed by atoms with Gasteiger partial charge in [0.15, 0.2) is 0 Å². The standard InChI is InChI=1S/C20H25ClO2/c1-14(2)12-17-19(3,4)20(17,18(22)23)13-16-9-7-15(8-10-16)6-5-11-21/h5,7-12,17H,6,13H2,1-4H3,(H,22,23). The highest BCUT2D eigenvalue weighted by atomic mass is 35.5. The van der Waals surface area contributed by atoms with Crippen molar-refractivity contribution < 1.29 is 9.90 Å². The monoisotopic (exact) mass is 332 g/mol. The Morgan fingerprint density at radius 3 is 2.26 bits per heavy atom. The summed E-state index contributed by atoms with van der Waals surface area (Å²) in [6.07, 6.45) is 5.37. The molecule has 0 spiro atoms. The maximum absolute atomic E-state index is 12.1. The van der Waals surface area contributed by atoms with Gasteiger partial charge in [-0.05, 0) is 43.2 Å². The van der Waals surface area contributed by atoms with Gasteiger partial charge in [0.05, 0.1) is 5.41 Å². The first kappa shape index (κ1) is 17.8. The number of hydrogen-bond acceptors (Lipinski definition) is 1. The average molecular weight is 333 g/mol. The van der Waals surface area contributed by atoms with Crippen molar-refractivity contribution in [2.24, 2.45) is 16.7 Å². The van der Waals surface area contributed by atoms with Crippen molar-refractivity contribution in [1.82, 2.24) is 0 Å². The molecule has 2 rings (SSSR count). The molecule has 0 bridgehead atoms. The van der Waals surface area contributed by atoms with Crippen molar-refractivity contribution in [3.8, 4) is 0 Å². The largest absolute Gasteiger partial charge is 0.481 e. The summed E-state index contributed by atoms with van der Waals surface area (Å²) >= 11 is 5.55. The van der Waals surface area contributed by atoms with Crippen molar-refractivity contribution in [2.45, 2.75) is 40.5 Å². The molecule has 1 N–H and O–H groups in total. The van der Waals surface area contributed by atoms with Gasteiger partial charge in [0.25, 0.3) is 0 Å². The molecule has 0 aliphatic heterocycles. The molecule has 0 aromatic heterocycles. The molecule has 1 aliphatic carbocycles. The number of carbonyl (C=O) groups is 1. The van der Waals surface area contributed by atoms with Gasteiger partial charge in [0.1, 0.15) is 0 Å². The summed E-state index contributed by atoms with van der Waals surface area (Å²) in [6, 6.07) is 8.17. The normalized spacial score (nSPS) is 25.3. The van der Waals surface area contributed by atoms with E-state index in [0.29, 0.717) is 6.42 Å². The first-order valence-electron chi connectivity index (χ1n) is 7.97. The summed E-state index contributed by atoms with van der Waals surface area (Å²) in [7, 11) is 0. The summed E-state index contributed by atoms with van der Waals surface area (Å²) in [4.78, 5) is 12.1. The highest BCUT2D eigenvalue weighted by molar-refractivity contribution is 6.25. The van der Waals surface area contributed by atoms with Crippen LogP contribution in [-0.2, 0) is 17.6 Å². The number of benzene rings is 1. The maximum Gasteiger partial charge on any atom is 0.311 e. The molecule has 0 heterocycles. The third kappa shape index (κ3) is 3.23. The van der Waals surface area contributed by atoms with Gasteiger partial charge in [0, 0.05) is 11.5 Å². The van der Waals surface area contributed by atoms with Crippen LogP contribution in [0.4, 0.5) is 0 Å². The van der Waals surface area contributed by atoms with Crippen LogP contribution in [-0.4, -0.2) is 11.1 Å². The molecule has 1 fully saturated rings. The number of carboxylic acid groups (broad SMARTS) is 1. The molecule has 124 valence electrons. The van der Waals surface area contributed by atoms with Crippen molar-refractivity contribution in [1.29, 1.82) is 0 Å². The smallest absolute Gasteiger partial charge is 0.311 e. The summed E-state index contributed by atoms with van der Waals surface area (Å²) in [5.74, 6) is -0.615. The summed E-state index contributed by atoms with van der Waals surface area (Å²) in [6.45, 7) is 8.18. The summed E-state index contributed by atoms with van der Waals surface area (Å²) in [5, 5.41) is 9.90. The number of hydrogen-bond donors (Lipinski definition) is 1. The van der Waals surface area contributed by atoms with Gasteiger partial charge in [0.2, 0.25) is 0 Å². The van der Waals surface area contributed by atoms with Crippen molar-refractivity contribution in [2.75, 3.05) is 0 Å². The van der Waals surface area contributed by atoms with Gasteiger partial charge in [-0.3, -0.25) is 4.79 Å². The van der Waals surface area contributed by atoms with Crippen LogP contribution in [0.25, 0.3) is 0 Å². The molecule has 0 amide bonds. The SMILES string of the molecule is CC(C)=CC1C(C)(C)C1(Cc1ccc(CC=CCl)cc1)C(=O)O. The van der Waals surface area contributed by atoms with Crippen LogP contribution in [0, 0.1) is 16.7 Å². The van der Waals surface area contributed by atoms with E-state index in [4.69, 9.17) is 11.6 Å². The van der Waals surface area contributed by atoms with E-state index in [-0.39, 0.29) is 11.3 Å². The Labute approximate surface area is 143 Å². The Bertz CT molecular complexity index is 636. The Balaban J connectivity index is 2.25. The lowest BCUT2D eigenvalue weighted by Crippen LogP contribution is -2.24. The molecule has 0 radical (unpaired) electrons. The minimum absolute atomic E-state index is 0.0800. The minimum atomic E-state index is -0.707. The Kier molecular flexibility index (Phi) is 5.05. The second-order valence-electron chi connectivity index (χ2n) is 7.28. The number of allylic oxidation sites excluding steroid dienone is 3. The van der Waals surface area contributed by atoms with Crippen LogP contribution in [0.1, 0.15) is 38.8 Å². The fourth-order valence-electron chi connectivity index (χ4n) is 3.70. The number of aliphatic carboxylic acids is 1. The van der Waals surface area contributed by atoms with E-state index in [0.717, 1.165) is 12.0 Å². The number of carboxylic acids is 1. The molecule has 2 unspecified atom stereocenters. The van der Waals surface area contributed by atoms with Gasteiger partial charge in [-0.15, -0.1) is 0 Å². The van der Waals surface area contributed by atoms with E-state index in [2.05, 4.69) is 19.9 Å². The third-order valence-electron chi connectivity index (χ3n) is 5.21. The summed E-state index contributed by atoms with van der Waals surface area (Å²) < 4.78 is 0. The molecule has 3 heteroatoms. The van der Waals surface area contributed by atoms with Gasteiger partial charge >= 0.3 is 5.97 Å². The molecule has 0 saturated heterocycles. The maximum atomic E-state index is 12.1. The van der Waals surface area contributed by atoms with Crippen molar-refractivity contribution >= 4 is 17.6 Å². The van der Waals surface area contributed by atoms with E-state index in [9.17, 15) is 9.90 Å². The quantitative estimate of drug-likeness (QED) is 0.725. The van der Waals surface area contributed by atoms with Crippen LogP contribution >= 0.6 is 11.6 Å². The van der Waals surface area contributed by atoms with E-state index >= 15 is 0 Å². The molecule has 2 atom stereocenters. The lowest BCUT2D eigenvalue weighted by Gasteiger charge is -2.16. The average Bonchev–Trinajstić information content (AvgIpc) is 2.94. The van der Waals surface area contributed by atoms with Crippen molar-refractivity contribution in [3.63, 3.8) is 0 Å². The van der Waals surface area contributed by atoms with Crippen LogP contribution in [0.3, 0.4) is 0 Å². The second kappa shape index (κ2) is 6.52. The fourth-order valence-corrected chi connectivity index (χ4v) is 3.79. The Morgan fingerprint density at radius 1 is 1.22 bits per heavy atom. The zero-order chi connectivity index (χ0) is 17.3. The molecule has 1 aromatic rings. The van der Waals surface area contributed by atoms with Crippen LogP contribution in [0.2, 0.25) is 0 Å². The van der Waals surface area contributed by atoms with Crippen LogP contribution < -0.4 is 0 Å². The highest BCUT2D eigenvalue weighted by Gasteiger charge is 2.74. The highest BCUT2D eigenvalue weighted by Crippen LogP contribution is 2.71. The molecular weight excluding hydrogens is 308 g/mol. The van der Waals surface area contributed by atoms with E-state index < -0.39 is 11.4 Å². The van der Waals surface area contributed by atoms with Crippen LogP contribution in [0.5, 0.6) is 0 Å². The molecular formula is C20H25ClO2. The Morgan fingerprint density at radius 2 is 1.78 bits per heavy atom. The molecule has 23 heavy (non-hydrogen) atoms. The van der Waals surface area contributed by atoms with E-state index in [1.165, 1.54) is 16.7 Å². The zero-order valence-electron chi connectivity index (χ0n) is 14.3. The lowest BCUT2D eigenvalue weighted by atomic mass is 9.88. The molecule has 2 nitrogen and oxygen atoms in total. The van der Waals surface area contributed by atoms with Crippen molar-refractivity contribution in [3.05, 3.63) is 58.7 Å². The third-order valence-corrected chi connectivity index (χ3v) is 5.38. The zero-order valence-corrected chi connectivity index (χ0v) is 15.0. The molecule has 1 aliphatic rings. The topological polar surface area (TPSA) is 37.3 Å².